The lowest BCUT2D eigenvalue weighted by atomic mass is 9.92. The van der Waals surface area contributed by atoms with Crippen molar-refractivity contribution in [2.45, 2.75) is 33.2 Å². The van der Waals surface area contributed by atoms with Gasteiger partial charge in [-0.1, -0.05) is 12.1 Å². The average molecular weight is 232 g/mol. The summed E-state index contributed by atoms with van der Waals surface area (Å²) >= 11 is 0. The van der Waals surface area contributed by atoms with Crippen LogP contribution in [0.25, 0.3) is 0 Å². The van der Waals surface area contributed by atoms with Crippen molar-refractivity contribution in [1.82, 2.24) is 0 Å². The third-order valence-corrected chi connectivity index (χ3v) is 2.68. The molecule has 0 aliphatic heterocycles. The van der Waals surface area contributed by atoms with Crippen LogP contribution in [-0.2, 0) is 0 Å². The van der Waals surface area contributed by atoms with Crippen molar-refractivity contribution in [3.63, 3.8) is 0 Å². The van der Waals surface area contributed by atoms with Gasteiger partial charge in [0, 0.05) is 6.04 Å². The van der Waals surface area contributed by atoms with Gasteiger partial charge in [0.25, 0.3) is 0 Å². The van der Waals surface area contributed by atoms with Crippen LogP contribution in [0.15, 0.2) is 24.3 Å². The first-order valence-electron chi connectivity index (χ1n) is 5.84. The highest BCUT2D eigenvalue weighted by Gasteiger charge is 2.16. The predicted octanol–water partition coefficient (Wildman–Crippen LogP) is 3.02. The molecule has 3 heteroatoms. The molecule has 0 saturated heterocycles. The molecule has 0 radical (unpaired) electrons. The summed E-state index contributed by atoms with van der Waals surface area (Å²) in [6.07, 6.45) is 0.714. The molecule has 0 amide bonds. The van der Waals surface area contributed by atoms with E-state index in [9.17, 15) is 0 Å². The molecule has 0 bridgehead atoms. The SMILES string of the molecule is CC(N)c1cccc(OCCC(C)(C)C#N)c1. The number of benzene rings is 1. The lowest BCUT2D eigenvalue weighted by molar-refractivity contribution is 0.264. The van der Waals surface area contributed by atoms with Crippen LogP contribution in [-0.4, -0.2) is 6.61 Å². The summed E-state index contributed by atoms with van der Waals surface area (Å²) in [5, 5.41) is 8.89. The van der Waals surface area contributed by atoms with Gasteiger partial charge in [0.15, 0.2) is 0 Å². The van der Waals surface area contributed by atoms with Gasteiger partial charge in [0.2, 0.25) is 0 Å². The summed E-state index contributed by atoms with van der Waals surface area (Å²) in [4.78, 5) is 0. The standard InChI is InChI=1S/C14H20N2O/c1-11(16)12-5-4-6-13(9-12)17-8-7-14(2,3)10-15/h4-6,9,11H,7-8,16H2,1-3H3. The number of nitrogens with zero attached hydrogens (tertiary/aromatic N) is 1. The zero-order valence-electron chi connectivity index (χ0n) is 10.7. The minimum absolute atomic E-state index is 0.00843. The normalized spacial score (nSPS) is 12.9. The molecule has 1 unspecified atom stereocenters. The van der Waals surface area contributed by atoms with Gasteiger partial charge >= 0.3 is 0 Å². The fourth-order valence-corrected chi connectivity index (χ4v) is 1.37. The summed E-state index contributed by atoms with van der Waals surface area (Å²) in [5.41, 5.74) is 6.53. The molecule has 92 valence electrons. The molecular formula is C14H20N2O. The molecule has 1 aromatic rings. The van der Waals surface area contributed by atoms with Crippen molar-refractivity contribution in [2.24, 2.45) is 11.1 Å². The maximum atomic E-state index is 8.89. The lowest BCUT2D eigenvalue weighted by Gasteiger charge is -2.16. The minimum atomic E-state index is -0.335. The van der Waals surface area contributed by atoms with Crippen molar-refractivity contribution >= 4 is 0 Å². The molecule has 0 heterocycles. The molecule has 0 saturated carbocycles. The van der Waals surface area contributed by atoms with Gasteiger partial charge in [0.1, 0.15) is 5.75 Å². The van der Waals surface area contributed by atoms with Crippen LogP contribution in [0.2, 0.25) is 0 Å². The van der Waals surface area contributed by atoms with Crippen LogP contribution in [0.5, 0.6) is 5.75 Å². The second kappa shape index (κ2) is 5.70. The van der Waals surface area contributed by atoms with E-state index in [0.717, 1.165) is 11.3 Å². The van der Waals surface area contributed by atoms with Gasteiger partial charge in [-0.25, -0.2) is 0 Å². The Morgan fingerprint density at radius 1 is 1.47 bits per heavy atom. The molecule has 1 aromatic carbocycles. The van der Waals surface area contributed by atoms with E-state index in [0.29, 0.717) is 13.0 Å². The Hall–Kier alpha value is -1.53. The fourth-order valence-electron chi connectivity index (χ4n) is 1.37. The number of hydrogen-bond acceptors (Lipinski definition) is 3. The minimum Gasteiger partial charge on any atom is -0.494 e. The molecule has 0 aliphatic rings. The molecule has 0 aliphatic carbocycles. The molecule has 0 spiro atoms. The summed E-state index contributed by atoms with van der Waals surface area (Å²) in [5.74, 6) is 0.813. The van der Waals surface area contributed by atoms with Crippen molar-refractivity contribution in [1.29, 1.82) is 5.26 Å². The van der Waals surface area contributed by atoms with Crippen molar-refractivity contribution in [2.75, 3.05) is 6.61 Å². The van der Waals surface area contributed by atoms with Gasteiger partial charge in [-0.2, -0.15) is 5.26 Å². The van der Waals surface area contributed by atoms with Crippen LogP contribution < -0.4 is 10.5 Å². The smallest absolute Gasteiger partial charge is 0.119 e. The Morgan fingerprint density at radius 3 is 2.76 bits per heavy atom. The molecule has 17 heavy (non-hydrogen) atoms. The molecule has 2 N–H and O–H groups in total. The lowest BCUT2D eigenvalue weighted by Crippen LogP contribution is -2.13. The van der Waals surface area contributed by atoms with Gasteiger partial charge in [0.05, 0.1) is 18.1 Å². The first-order valence-corrected chi connectivity index (χ1v) is 5.84. The van der Waals surface area contributed by atoms with Gasteiger partial charge < -0.3 is 10.5 Å². The number of rotatable bonds is 5. The summed E-state index contributed by atoms with van der Waals surface area (Å²) in [6.45, 7) is 6.31. The van der Waals surface area contributed by atoms with Crippen LogP contribution in [0.3, 0.4) is 0 Å². The second-order valence-electron chi connectivity index (χ2n) is 4.96. The Labute approximate surface area is 103 Å². The van der Waals surface area contributed by atoms with Crippen molar-refractivity contribution < 1.29 is 4.74 Å². The fraction of sp³-hybridized carbons (Fsp3) is 0.500. The maximum absolute atomic E-state index is 8.89. The van der Waals surface area contributed by atoms with Gasteiger partial charge in [-0.15, -0.1) is 0 Å². The largest absolute Gasteiger partial charge is 0.494 e. The van der Waals surface area contributed by atoms with Crippen LogP contribution in [0.4, 0.5) is 0 Å². The first-order chi connectivity index (χ1) is 7.94. The molecule has 0 aromatic heterocycles. The van der Waals surface area contributed by atoms with E-state index < -0.39 is 0 Å². The Balaban J connectivity index is 2.53. The highest BCUT2D eigenvalue weighted by molar-refractivity contribution is 5.30. The monoisotopic (exact) mass is 232 g/mol. The Bertz CT molecular complexity index is 405. The molecular weight excluding hydrogens is 212 g/mol. The van der Waals surface area contributed by atoms with Gasteiger partial charge in [-0.05, 0) is 44.9 Å². The zero-order chi connectivity index (χ0) is 12.9. The topological polar surface area (TPSA) is 59.0 Å². The molecule has 0 fully saturated rings. The summed E-state index contributed by atoms with van der Waals surface area (Å²) < 4.78 is 5.63. The van der Waals surface area contributed by atoms with Crippen LogP contribution in [0.1, 0.15) is 38.8 Å². The summed E-state index contributed by atoms with van der Waals surface area (Å²) in [6, 6.07) is 10.0. The van der Waals surface area contributed by atoms with E-state index in [-0.39, 0.29) is 11.5 Å². The highest BCUT2D eigenvalue weighted by Crippen LogP contribution is 2.21. The number of hydrogen-bond donors (Lipinski definition) is 1. The van der Waals surface area contributed by atoms with Crippen LogP contribution in [0, 0.1) is 16.7 Å². The van der Waals surface area contributed by atoms with Gasteiger partial charge in [-0.3, -0.25) is 0 Å². The average Bonchev–Trinajstić information content (AvgIpc) is 2.29. The second-order valence-corrected chi connectivity index (χ2v) is 4.96. The van der Waals surface area contributed by atoms with E-state index in [2.05, 4.69) is 6.07 Å². The predicted molar refractivity (Wildman–Crippen MR) is 68.6 cm³/mol. The van der Waals surface area contributed by atoms with E-state index in [1.807, 2.05) is 45.0 Å². The number of ether oxygens (including phenoxy) is 1. The summed E-state index contributed by atoms with van der Waals surface area (Å²) in [7, 11) is 0. The van der Waals surface area contributed by atoms with Crippen molar-refractivity contribution in [3.05, 3.63) is 29.8 Å². The van der Waals surface area contributed by atoms with E-state index in [1.165, 1.54) is 0 Å². The number of nitriles is 1. The zero-order valence-corrected chi connectivity index (χ0v) is 10.7. The number of nitrogens with two attached hydrogens (primary N) is 1. The molecule has 1 rings (SSSR count). The molecule has 1 atom stereocenters. The highest BCUT2D eigenvalue weighted by atomic mass is 16.5. The Morgan fingerprint density at radius 2 is 2.18 bits per heavy atom. The van der Waals surface area contributed by atoms with E-state index >= 15 is 0 Å². The van der Waals surface area contributed by atoms with E-state index in [4.69, 9.17) is 15.7 Å². The quantitative estimate of drug-likeness (QED) is 0.848. The maximum Gasteiger partial charge on any atom is 0.119 e. The van der Waals surface area contributed by atoms with Crippen molar-refractivity contribution in [3.8, 4) is 11.8 Å². The van der Waals surface area contributed by atoms with E-state index in [1.54, 1.807) is 0 Å². The Kier molecular flexibility index (Phi) is 4.53. The third-order valence-electron chi connectivity index (χ3n) is 2.68. The first kappa shape index (κ1) is 13.5. The van der Waals surface area contributed by atoms with Crippen LogP contribution >= 0.6 is 0 Å². The third kappa shape index (κ3) is 4.46. The molecule has 3 nitrogen and oxygen atoms in total.